The highest BCUT2D eigenvalue weighted by atomic mass is 32.2. The summed E-state index contributed by atoms with van der Waals surface area (Å²) in [5, 5.41) is 1.80. The second-order valence-electron chi connectivity index (χ2n) is 3.77. The number of carbonyl (C=O) groups is 2. The van der Waals surface area contributed by atoms with Crippen molar-refractivity contribution in [2.24, 2.45) is 0 Å². The molecule has 5 heteroatoms. The molecule has 18 heavy (non-hydrogen) atoms. The Morgan fingerprint density at radius 3 is 2.17 bits per heavy atom. The fraction of sp³-hybridized carbons (Fsp3) is 0.308. The van der Waals surface area contributed by atoms with Gasteiger partial charge in [0.2, 0.25) is 0 Å². The SMILES string of the molecule is COC(=O)C(C(=O)OC)=S1C=CC=C1C=C(C)C. The molecule has 0 amide bonds. The number of esters is 2. The lowest BCUT2D eigenvalue weighted by molar-refractivity contribution is -0.137. The summed E-state index contributed by atoms with van der Waals surface area (Å²) in [7, 11) is 1.79. The molecule has 0 aromatic carbocycles. The van der Waals surface area contributed by atoms with Gasteiger partial charge in [-0.2, -0.15) is 0 Å². The third-order valence-electron chi connectivity index (χ3n) is 2.12. The number of allylic oxidation sites excluding steroid dienone is 4. The lowest BCUT2D eigenvalue weighted by Crippen LogP contribution is -2.26. The number of rotatable bonds is 3. The molecule has 0 bridgehead atoms. The van der Waals surface area contributed by atoms with Gasteiger partial charge in [-0.1, -0.05) is 17.7 Å². The van der Waals surface area contributed by atoms with E-state index in [-0.39, 0.29) is 4.86 Å². The molecule has 0 saturated heterocycles. The Kier molecular flexibility index (Phi) is 5.09. The molecule has 1 aliphatic rings. The van der Waals surface area contributed by atoms with Gasteiger partial charge in [-0.3, -0.25) is 0 Å². The molecule has 1 atom stereocenters. The molecule has 0 spiro atoms. The van der Waals surface area contributed by atoms with Gasteiger partial charge < -0.3 is 9.47 Å². The van der Waals surface area contributed by atoms with Crippen LogP contribution in [0, 0.1) is 0 Å². The Hall–Kier alpha value is -1.62. The number of hydrogen-bond acceptors (Lipinski definition) is 4. The number of ether oxygens (including phenoxy) is 2. The summed E-state index contributed by atoms with van der Waals surface area (Å²) in [6.07, 6.45) is 5.64. The van der Waals surface area contributed by atoms with Gasteiger partial charge in [0.25, 0.3) is 0 Å². The van der Waals surface area contributed by atoms with Crippen LogP contribution >= 0.6 is 10.5 Å². The van der Waals surface area contributed by atoms with Crippen molar-refractivity contribution in [1.29, 1.82) is 0 Å². The first kappa shape index (κ1) is 14.4. The average molecular weight is 268 g/mol. The summed E-state index contributed by atoms with van der Waals surface area (Å²) < 4.78 is 9.30. The zero-order valence-electron chi connectivity index (χ0n) is 10.9. The Labute approximate surface area is 109 Å². The summed E-state index contributed by atoms with van der Waals surface area (Å²) in [6.45, 7) is 3.91. The maximum absolute atomic E-state index is 11.7. The van der Waals surface area contributed by atoms with Crippen molar-refractivity contribution in [2.75, 3.05) is 14.2 Å². The average Bonchev–Trinajstić information content (AvgIpc) is 2.76. The van der Waals surface area contributed by atoms with Crippen molar-refractivity contribution in [3.63, 3.8) is 0 Å². The van der Waals surface area contributed by atoms with E-state index in [2.05, 4.69) is 9.47 Å². The first-order valence-electron chi connectivity index (χ1n) is 5.31. The number of carbonyl (C=O) groups excluding carboxylic acids is 2. The standard InChI is InChI=1S/C13H16O4S/c1-9(2)8-10-6-5-7-18(10)11(12(14)16-3)13(15)17-4/h5-8H,1-4H3. The summed E-state index contributed by atoms with van der Waals surface area (Å²) in [5.74, 6) is -1.30. The molecule has 0 N–H and O–H groups in total. The van der Waals surface area contributed by atoms with Gasteiger partial charge in [-0.25, -0.2) is 9.59 Å². The smallest absolute Gasteiger partial charge is 0.351 e. The Morgan fingerprint density at radius 1 is 1.17 bits per heavy atom. The van der Waals surface area contributed by atoms with E-state index in [1.165, 1.54) is 14.2 Å². The van der Waals surface area contributed by atoms with Gasteiger partial charge in [0.05, 0.1) is 14.2 Å². The predicted octanol–water partition coefficient (Wildman–Crippen LogP) is 2.15. The van der Waals surface area contributed by atoms with Crippen molar-refractivity contribution in [1.82, 2.24) is 0 Å². The van der Waals surface area contributed by atoms with Gasteiger partial charge in [0, 0.05) is 4.91 Å². The van der Waals surface area contributed by atoms with Crippen LogP contribution in [0.2, 0.25) is 0 Å². The molecule has 0 radical (unpaired) electrons. The van der Waals surface area contributed by atoms with E-state index in [1.807, 2.05) is 32.1 Å². The van der Waals surface area contributed by atoms with Gasteiger partial charge in [-0.05, 0) is 25.3 Å². The summed E-state index contributed by atoms with van der Waals surface area (Å²) in [5.41, 5.74) is 1.09. The van der Waals surface area contributed by atoms with Crippen LogP contribution in [0.25, 0.3) is 0 Å². The minimum absolute atomic E-state index is 0.0255. The highest BCUT2D eigenvalue weighted by Crippen LogP contribution is 2.35. The molecule has 0 fully saturated rings. The van der Waals surface area contributed by atoms with Crippen molar-refractivity contribution in [3.05, 3.63) is 34.1 Å². The van der Waals surface area contributed by atoms with Crippen LogP contribution in [0.15, 0.2) is 34.1 Å². The molecule has 0 aromatic heterocycles. The van der Waals surface area contributed by atoms with E-state index in [1.54, 1.807) is 5.41 Å². The topological polar surface area (TPSA) is 52.6 Å². The second kappa shape index (κ2) is 6.35. The minimum atomic E-state index is -0.712. The van der Waals surface area contributed by atoms with Gasteiger partial charge in [0.1, 0.15) is 0 Å². The second-order valence-corrected chi connectivity index (χ2v) is 5.60. The Bertz CT molecular complexity index is 473. The van der Waals surface area contributed by atoms with Gasteiger partial charge in [-0.15, -0.1) is 10.5 Å². The highest BCUT2D eigenvalue weighted by Gasteiger charge is 2.25. The number of hydrogen-bond donors (Lipinski definition) is 0. The van der Waals surface area contributed by atoms with Crippen molar-refractivity contribution in [2.45, 2.75) is 13.8 Å². The summed E-state index contributed by atoms with van der Waals surface area (Å²) in [4.78, 5) is 24.3. The number of methoxy groups -OCH3 is 2. The maximum atomic E-state index is 11.7. The molecule has 1 aliphatic heterocycles. The van der Waals surface area contributed by atoms with E-state index < -0.39 is 22.4 Å². The van der Waals surface area contributed by atoms with E-state index in [4.69, 9.17) is 0 Å². The van der Waals surface area contributed by atoms with E-state index in [9.17, 15) is 9.59 Å². The summed E-state index contributed by atoms with van der Waals surface area (Å²) >= 11 is 0. The third kappa shape index (κ3) is 3.20. The van der Waals surface area contributed by atoms with Crippen LogP contribution in [0.1, 0.15) is 13.8 Å². The van der Waals surface area contributed by atoms with Crippen LogP contribution in [0.3, 0.4) is 0 Å². The Morgan fingerprint density at radius 2 is 1.72 bits per heavy atom. The third-order valence-corrected chi connectivity index (χ3v) is 4.09. The zero-order chi connectivity index (χ0) is 13.7. The lowest BCUT2D eigenvalue weighted by Gasteiger charge is -2.09. The first-order chi connectivity index (χ1) is 8.51. The van der Waals surface area contributed by atoms with Crippen LogP contribution in [-0.4, -0.2) is 31.0 Å². The quantitative estimate of drug-likeness (QED) is 0.447. The summed E-state index contributed by atoms with van der Waals surface area (Å²) in [6, 6.07) is 0. The fourth-order valence-electron chi connectivity index (χ4n) is 1.39. The lowest BCUT2D eigenvalue weighted by atomic mass is 10.3. The molecule has 0 aromatic rings. The van der Waals surface area contributed by atoms with Crippen molar-refractivity contribution < 1.29 is 19.1 Å². The van der Waals surface area contributed by atoms with E-state index in [0.717, 1.165) is 10.5 Å². The van der Waals surface area contributed by atoms with Crippen molar-refractivity contribution in [3.8, 4) is 0 Å². The van der Waals surface area contributed by atoms with Crippen molar-refractivity contribution >= 4 is 27.3 Å². The van der Waals surface area contributed by atoms with E-state index in [0.29, 0.717) is 0 Å². The molecule has 1 heterocycles. The largest absolute Gasteiger partial charge is 0.465 e. The molecular formula is C13H16O4S. The van der Waals surface area contributed by atoms with Crippen LogP contribution in [-0.2, 0) is 19.1 Å². The monoisotopic (exact) mass is 268 g/mol. The molecule has 1 unspecified atom stereocenters. The maximum Gasteiger partial charge on any atom is 0.351 e. The fourth-order valence-corrected chi connectivity index (χ4v) is 3.27. The van der Waals surface area contributed by atoms with Gasteiger partial charge in [0.15, 0.2) is 4.86 Å². The normalized spacial score (nSPS) is 16.9. The van der Waals surface area contributed by atoms with E-state index >= 15 is 0 Å². The molecular weight excluding hydrogens is 252 g/mol. The molecule has 0 saturated carbocycles. The first-order valence-corrected chi connectivity index (χ1v) is 6.60. The minimum Gasteiger partial charge on any atom is -0.465 e. The highest BCUT2D eigenvalue weighted by molar-refractivity contribution is 8.23. The van der Waals surface area contributed by atoms with Gasteiger partial charge >= 0.3 is 11.9 Å². The Balaban J connectivity index is 3.32. The zero-order valence-corrected chi connectivity index (χ0v) is 11.7. The molecule has 0 aliphatic carbocycles. The molecule has 1 rings (SSSR count). The molecule has 4 nitrogen and oxygen atoms in total. The molecule has 98 valence electrons. The van der Waals surface area contributed by atoms with Crippen LogP contribution in [0.5, 0.6) is 0 Å². The van der Waals surface area contributed by atoms with Crippen LogP contribution in [0.4, 0.5) is 0 Å². The predicted molar refractivity (Wildman–Crippen MR) is 73.3 cm³/mol. The van der Waals surface area contributed by atoms with Crippen LogP contribution < -0.4 is 0 Å².